The number of nitrogens with zero attached hydrogens (tertiary/aromatic N) is 1. The zero-order valence-electron chi connectivity index (χ0n) is 14.7. The summed E-state index contributed by atoms with van der Waals surface area (Å²) in [5.74, 6) is -0.587. The predicted molar refractivity (Wildman–Crippen MR) is 93.2 cm³/mol. The fraction of sp³-hybridized carbons (Fsp3) is 0.550. The van der Waals surface area contributed by atoms with Crippen molar-refractivity contribution in [2.75, 3.05) is 0 Å². The van der Waals surface area contributed by atoms with Gasteiger partial charge in [0.25, 0.3) is 0 Å². The van der Waals surface area contributed by atoms with Gasteiger partial charge in [0.1, 0.15) is 6.04 Å². The second kappa shape index (κ2) is 6.87. The molecule has 1 aromatic rings. The van der Waals surface area contributed by atoms with E-state index in [9.17, 15) is 20.0 Å². The van der Waals surface area contributed by atoms with E-state index in [1.54, 1.807) is 13.8 Å². The molecule has 0 spiro atoms. The Bertz CT molecular complexity index is 707. The molecule has 0 bridgehead atoms. The lowest BCUT2D eigenvalue weighted by molar-refractivity contribution is -0.143. The molecule has 1 unspecified atom stereocenters. The molecule has 3 rings (SSSR count). The average molecular weight is 340 g/mol. The molecule has 0 aliphatic heterocycles. The molecule has 0 radical (unpaired) electrons. The third-order valence-corrected chi connectivity index (χ3v) is 5.02. The van der Waals surface area contributed by atoms with Crippen molar-refractivity contribution in [1.29, 1.82) is 5.26 Å². The fourth-order valence-corrected chi connectivity index (χ4v) is 3.34. The van der Waals surface area contributed by atoms with Crippen LogP contribution in [0, 0.1) is 17.2 Å². The third kappa shape index (κ3) is 4.01. The van der Waals surface area contributed by atoms with Crippen LogP contribution >= 0.6 is 0 Å². The average Bonchev–Trinajstić information content (AvgIpc) is 3.44. The van der Waals surface area contributed by atoms with Crippen molar-refractivity contribution in [3.63, 3.8) is 0 Å². The molecule has 5 nitrogen and oxygen atoms in total. The Labute approximate surface area is 148 Å². The largest absolute Gasteiger partial charge is 0.480 e. The first kappa shape index (κ1) is 17.5. The number of nitrogens with one attached hydrogen (secondary N) is 1. The highest BCUT2D eigenvalue weighted by Crippen LogP contribution is 2.47. The van der Waals surface area contributed by atoms with Gasteiger partial charge in [-0.1, -0.05) is 26.0 Å². The first-order chi connectivity index (χ1) is 11.9. The van der Waals surface area contributed by atoms with Gasteiger partial charge in [-0.2, -0.15) is 5.26 Å². The standard InChI is InChI=1S/C20H24N2O3/c1-11(2)19(20(24)25)22-18(23)9-12-7-15(13-3-4-13)17(10-21)16(8-12)14-5-6-14/h7-8,11,13-14,19H,3-6,9H2,1-2H3,(H,22,23)(H,24,25). The summed E-state index contributed by atoms with van der Waals surface area (Å²) in [4.78, 5) is 23.6. The summed E-state index contributed by atoms with van der Waals surface area (Å²) in [6.07, 6.45) is 4.55. The Kier molecular flexibility index (Phi) is 4.80. The van der Waals surface area contributed by atoms with E-state index in [-0.39, 0.29) is 18.2 Å². The number of benzene rings is 1. The zero-order chi connectivity index (χ0) is 18.1. The first-order valence-corrected chi connectivity index (χ1v) is 8.99. The summed E-state index contributed by atoms with van der Waals surface area (Å²) in [5.41, 5.74) is 3.84. The van der Waals surface area contributed by atoms with Crippen LogP contribution in [0.3, 0.4) is 0 Å². The number of aliphatic carboxylic acids is 1. The Balaban J connectivity index is 1.81. The molecule has 5 heteroatoms. The summed E-state index contributed by atoms with van der Waals surface area (Å²) in [6, 6.07) is 5.45. The zero-order valence-corrected chi connectivity index (χ0v) is 14.7. The molecule has 2 N–H and O–H groups in total. The van der Waals surface area contributed by atoms with E-state index in [0.29, 0.717) is 11.8 Å². The molecule has 0 saturated heterocycles. The van der Waals surface area contributed by atoms with Gasteiger partial charge in [0.2, 0.25) is 5.91 Å². The minimum Gasteiger partial charge on any atom is -0.480 e. The molecule has 2 fully saturated rings. The highest BCUT2D eigenvalue weighted by molar-refractivity contribution is 5.85. The van der Waals surface area contributed by atoms with Crippen molar-refractivity contribution in [3.8, 4) is 6.07 Å². The smallest absolute Gasteiger partial charge is 0.326 e. The molecule has 2 saturated carbocycles. The van der Waals surface area contributed by atoms with Crippen molar-refractivity contribution >= 4 is 11.9 Å². The molecule has 132 valence electrons. The maximum absolute atomic E-state index is 12.3. The summed E-state index contributed by atoms with van der Waals surface area (Å²) in [5, 5.41) is 21.4. The Morgan fingerprint density at radius 2 is 1.72 bits per heavy atom. The summed E-state index contributed by atoms with van der Waals surface area (Å²) in [7, 11) is 0. The molecule has 1 amide bonds. The molecule has 2 aliphatic rings. The van der Waals surface area contributed by atoms with Crippen molar-refractivity contribution in [3.05, 3.63) is 34.4 Å². The summed E-state index contributed by atoms with van der Waals surface area (Å²) < 4.78 is 0. The minimum absolute atomic E-state index is 0.154. The van der Waals surface area contributed by atoms with E-state index in [1.165, 1.54) is 0 Å². The van der Waals surface area contributed by atoms with Crippen LogP contribution in [-0.2, 0) is 16.0 Å². The highest BCUT2D eigenvalue weighted by atomic mass is 16.4. The number of carboxylic acid groups (broad SMARTS) is 1. The Morgan fingerprint density at radius 1 is 1.20 bits per heavy atom. The maximum atomic E-state index is 12.3. The lowest BCUT2D eigenvalue weighted by Crippen LogP contribution is -2.44. The normalized spacial score (nSPS) is 17.8. The van der Waals surface area contributed by atoms with Crippen LogP contribution in [0.2, 0.25) is 0 Å². The second-order valence-corrected chi connectivity index (χ2v) is 7.61. The van der Waals surface area contributed by atoms with Crippen LogP contribution in [0.4, 0.5) is 0 Å². The van der Waals surface area contributed by atoms with Crippen LogP contribution in [0.5, 0.6) is 0 Å². The van der Waals surface area contributed by atoms with Crippen LogP contribution in [0.25, 0.3) is 0 Å². The van der Waals surface area contributed by atoms with E-state index >= 15 is 0 Å². The van der Waals surface area contributed by atoms with Gasteiger partial charge in [0, 0.05) is 0 Å². The Hall–Kier alpha value is -2.35. The monoisotopic (exact) mass is 340 g/mol. The number of nitriles is 1. The van der Waals surface area contributed by atoms with Crippen molar-refractivity contribution < 1.29 is 14.7 Å². The lowest BCUT2D eigenvalue weighted by atomic mass is 9.92. The van der Waals surface area contributed by atoms with Gasteiger partial charge in [0.15, 0.2) is 0 Å². The number of rotatable bonds is 7. The van der Waals surface area contributed by atoms with E-state index in [1.807, 2.05) is 12.1 Å². The number of hydrogen-bond acceptors (Lipinski definition) is 3. The molecular weight excluding hydrogens is 316 g/mol. The molecule has 25 heavy (non-hydrogen) atoms. The van der Waals surface area contributed by atoms with Crippen LogP contribution in [-0.4, -0.2) is 23.0 Å². The number of hydrogen-bond donors (Lipinski definition) is 2. The Morgan fingerprint density at radius 3 is 2.08 bits per heavy atom. The van der Waals surface area contributed by atoms with Gasteiger partial charge >= 0.3 is 5.97 Å². The first-order valence-electron chi connectivity index (χ1n) is 8.99. The number of carboxylic acids is 1. The van der Waals surface area contributed by atoms with Gasteiger partial charge in [-0.05, 0) is 60.1 Å². The summed E-state index contributed by atoms with van der Waals surface area (Å²) >= 11 is 0. The summed E-state index contributed by atoms with van der Waals surface area (Å²) in [6.45, 7) is 3.55. The van der Waals surface area contributed by atoms with E-state index in [2.05, 4.69) is 11.4 Å². The second-order valence-electron chi connectivity index (χ2n) is 7.61. The molecular formula is C20H24N2O3. The molecule has 0 aromatic heterocycles. The van der Waals surface area contributed by atoms with Crippen molar-refractivity contribution in [2.45, 2.75) is 63.8 Å². The van der Waals surface area contributed by atoms with Crippen molar-refractivity contribution in [1.82, 2.24) is 5.32 Å². The predicted octanol–water partition coefficient (Wildman–Crippen LogP) is 3.08. The minimum atomic E-state index is -1.01. The van der Waals surface area contributed by atoms with Gasteiger partial charge in [-0.25, -0.2) is 4.79 Å². The van der Waals surface area contributed by atoms with Crippen LogP contribution in [0.15, 0.2) is 12.1 Å². The van der Waals surface area contributed by atoms with Gasteiger partial charge < -0.3 is 10.4 Å². The quantitative estimate of drug-likeness (QED) is 0.798. The molecule has 2 aliphatic carbocycles. The molecule has 1 atom stereocenters. The third-order valence-electron chi connectivity index (χ3n) is 5.02. The highest BCUT2D eigenvalue weighted by Gasteiger charge is 2.33. The SMILES string of the molecule is CC(C)C(NC(=O)Cc1cc(C2CC2)c(C#N)c(C2CC2)c1)C(=O)O. The number of carbonyl (C=O) groups excluding carboxylic acids is 1. The van der Waals surface area contributed by atoms with E-state index < -0.39 is 12.0 Å². The van der Waals surface area contributed by atoms with Crippen LogP contribution < -0.4 is 5.32 Å². The molecule has 0 heterocycles. The number of amides is 1. The van der Waals surface area contributed by atoms with Gasteiger partial charge in [-0.15, -0.1) is 0 Å². The van der Waals surface area contributed by atoms with Gasteiger partial charge in [0.05, 0.1) is 18.1 Å². The van der Waals surface area contributed by atoms with Crippen LogP contribution in [0.1, 0.15) is 73.6 Å². The van der Waals surface area contributed by atoms with Gasteiger partial charge in [-0.3, -0.25) is 4.79 Å². The van der Waals surface area contributed by atoms with E-state index in [4.69, 9.17) is 0 Å². The number of carbonyl (C=O) groups is 2. The lowest BCUT2D eigenvalue weighted by Gasteiger charge is -2.18. The fourth-order valence-electron chi connectivity index (χ4n) is 3.34. The molecule has 1 aromatic carbocycles. The van der Waals surface area contributed by atoms with E-state index in [0.717, 1.165) is 47.9 Å². The topological polar surface area (TPSA) is 90.2 Å². The maximum Gasteiger partial charge on any atom is 0.326 e. The van der Waals surface area contributed by atoms with Crippen molar-refractivity contribution in [2.24, 2.45) is 5.92 Å².